The highest BCUT2D eigenvalue weighted by Gasteiger charge is 2.20. The molecule has 8 aromatic carbocycles. The van der Waals surface area contributed by atoms with E-state index in [1.165, 1.54) is 0 Å². The quantitative estimate of drug-likeness (QED) is 0.0526. The van der Waals surface area contributed by atoms with Crippen molar-refractivity contribution >= 4 is 90.2 Å². The van der Waals surface area contributed by atoms with Gasteiger partial charge in [-0.3, -0.25) is 9.59 Å². The number of nitrogens with one attached hydrogen (secondary N) is 3. The van der Waals surface area contributed by atoms with Crippen molar-refractivity contribution in [2.75, 3.05) is 27.4 Å². The Morgan fingerprint density at radius 3 is 1.25 bits per heavy atom. The summed E-state index contributed by atoms with van der Waals surface area (Å²) in [5.41, 5.74) is 16.7. The van der Waals surface area contributed by atoms with Crippen molar-refractivity contribution < 1.29 is 19.8 Å². The topological polar surface area (TPSA) is 212 Å². The highest BCUT2D eigenvalue weighted by molar-refractivity contribution is 6.13. The molecular weight excluding hydrogens is 743 g/mol. The fourth-order valence-corrected chi connectivity index (χ4v) is 6.42. The molecule has 0 bridgehead atoms. The molecule has 2 amide bonds. The number of rotatable bonds is 10. The number of anilines is 6. The first-order valence-corrected chi connectivity index (χ1v) is 18.3. The van der Waals surface area contributed by atoms with Crippen molar-refractivity contribution in [3.63, 3.8) is 0 Å². The fourth-order valence-electron chi connectivity index (χ4n) is 6.42. The number of nitrogen functional groups attached to an aromatic ring is 2. The number of phenolic OH excluding ortho intramolecular Hbond substituents is 2. The molecule has 13 heteroatoms. The number of azo groups is 2. The Morgan fingerprint density at radius 2 is 0.847 bits per heavy atom. The van der Waals surface area contributed by atoms with Crippen LogP contribution in [0, 0.1) is 0 Å². The maximum absolute atomic E-state index is 13.2. The molecule has 8 rings (SSSR count). The Morgan fingerprint density at radius 1 is 0.441 bits per heavy atom. The zero-order valence-corrected chi connectivity index (χ0v) is 31.2. The van der Waals surface area contributed by atoms with E-state index in [0.717, 1.165) is 11.4 Å². The number of nitrogens with two attached hydrogens (primary N) is 2. The third kappa shape index (κ3) is 8.34. The summed E-state index contributed by atoms with van der Waals surface area (Å²) in [4.78, 5) is 26.5. The molecule has 0 fully saturated rings. The molecule has 13 nitrogen and oxygen atoms in total. The maximum atomic E-state index is 13.2. The van der Waals surface area contributed by atoms with Crippen LogP contribution in [0.25, 0.3) is 21.5 Å². The van der Waals surface area contributed by atoms with Gasteiger partial charge in [-0.2, -0.15) is 10.2 Å². The van der Waals surface area contributed by atoms with Gasteiger partial charge in [-0.15, -0.1) is 10.2 Å². The number of carbonyl (C=O) groups is 2. The third-order valence-corrected chi connectivity index (χ3v) is 9.32. The van der Waals surface area contributed by atoms with Crippen LogP contribution in [-0.4, -0.2) is 22.0 Å². The monoisotopic (exact) mass is 777 g/mol. The van der Waals surface area contributed by atoms with E-state index in [4.69, 9.17) is 11.5 Å². The molecule has 0 aromatic heterocycles. The van der Waals surface area contributed by atoms with E-state index < -0.39 is 11.8 Å². The van der Waals surface area contributed by atoms with E-state index in [1.807, 2.05) is 60.7 Å². The summed E-state index contributed by atoms with van der Waals surface area (Å²) in [5, 5.41) is 51.5. The van der Waals surface area contributed by atoms with E-state index in [9.17, 15) is 19.8 Å². The molecule has 0 aliphatic carbocycles. The van der Waals surface area contributed by atoms with Crippen LogP contribution in [0.15, 0.2) is 178 Å². The standard InChI is InChI=1S/C46H35N9O4/c47-29-9-5-11-35(25-29)50-45(58)39-23-27-7-1-3-13-37(27)41(43(39)56)54-52-33-19-15-31(16-20-33)49-32-17-21-34(22-18-32)53-55-42-38-14-4-2-8-28(38)24-40(44(42)57)46(59)51-36-12-6-10-30(48)26-36/h1-26,49,56-57H,47-48H2,(H,50,58)(H,51,59). The van der Waals surface area contributed by atoms with E-state index in [2.05, 4.69) is 36.4 Å². The summed E-state index contributed by atoms with van der Waals surface area (Å²) in [6, 6.07) is 45.8. The van der Waals surface area contributed by atoms with Crippen molar-refractivity contribution in [2.45, 2.75) is 0 Å². The second kappa shape index (κ2) is 16.3. The summed E-state index contributed by atoms with van der Waals surface area (Å²) in [7, 11) is 0. The van der Waals surface area contributed by atoms with Crippen LogP contribution in [0.2, 0.25) is 0 Å². The number of nitrogens with zero attached hydrogens (tertiary/aromatic N) is 4. The Hall–Kier alpha value is -8.58. The average molecular weight is 778 g/mol. The number of phenols is 2. The number of aromatic hydroxyl groups is 2. The molecule has 0 aliphatic heterocycles. The van der Waals surface area contributed by atoms with E-state index in [1.54, 1.807) is 97.1 Å². The molecule has 0 unspecified atom stereocenters. The van der Waals surface area contributed by atoms with Gasteiger partial charge >= 0.3 is 0 Å². The van der Waals surface area contributed by atoms with Gasteiger partial charge in [-0.25, -0.2) is 0 Å². The van der Waals surface area contributed by atoms with Crippen LogP contribution < -0.4 is 27.4 Å². The van der Waals surface area contributed by atoms with Crippen molar-refractivity contribution in [1.82, 2.24) is 0 Å². The van der Waals surface area contributed by atoms with E-state index in [-0.39, 0.29) is 34.0 Å². The van der Waals surface area contributed by atoms with Crippen molar-refractivity contribution in [3.05, 3.63) is 169 Å². The molecule has 0 saturated carbocycles. The minimum absolute atomic E-state index is 0.0446. The van der Waals surface area contributed by atoms with Crippen molar-refractivity contribution in [1.29, 1.82) is 0 Å². The smallest absolute Gasteiger partial charge is 0.259 e. The predicted octanol–water partition coefficient (Wildman–Crippen LogP) is 11.6. The van der Waals surface area contributed by atoms with Crippen molar-refractivity contribution in [3.8, 4) is 11.5 Å². The lowest BCUT2D eigenvalue weighted by atomic mass is 10.0. The first kappa shape index (κ1) is 37.3. The normalized spacial score (nSPS) is 11.3. The third-order valence-electron chi connectivity index (χ3n) is 9.32. The minimum atomic E-state index is -0.517. The van der Waals surface area contributed by atoms with Gasteiger partial charge in [-0.1, -0.05) is 60.7 Å². The summed E-state index contributed by atoms with van der Waals surface area (Å²) in [6.45, 7) is 0. The predicted molar refractivity (Wildman–Crippen MR) is 233 cm³/mol. The molecule has 0 atom stereocenters. The molecule has 0 heterocycles. The molecule has 0 spiro atoms. The highest BCUT2D eigenvalue weighted by atomic mass is 16.3. The molecule has 288 valence electrons. The van der Waals surface area contributed by atoms with Gasteiger partial charge in [0.2, 0.25) is 0 Å². The second-order valence-electron chi connectivity index (χ2n) is 13.5. The van der Waals surface area contributed by atoms with E-state index >= 15 is 0 Å². The lowest BCUT2D eigenvalue weighted by molar-refractivity contribution is 0.101. The fraction of sp³-hybridized carbons (Fsp3) is 0. The Balaban J connectivity index is 0.965. The molecule has 8 aromatic rings. The van der Waals surface area contributed by atoms with Crippen molar-refractivity contribution in [2.24, 2.45) is 20.5 Å². The molecule has 59 heavy (non-hydrogen) atoms. The molecule has 0 saturated heterocycles. The van der Waals surface area contributed by atoms with Gasteiger partial charge < -0.3 is 37.6 Å². The number of fused-ring (bicyclic) bond motifs is 2. The van der Waals surface area contributed by atoms with Gasteiger partial charge in [0.05, 0.1) is 22.5 Å². The zero-order chi connectivity index (χ0) is 40.9. The minimum Gasteiger partial charge on any atom is -0.505 e. The van der Waals surface area contributed by atoms with Crippen LogP contribution in [0.1, 0.15) is 20.7 Å². The number of hydrogen-bond donors (Lipinski definition) is 7. The van der Waals surface area contributed by atoms with Gasteiger partial charge in [0.1, 0.15) is 11.4 Å². The lowest BCUT2D eigenvalue weighted by Gasteiger charge is -2.11. The van der Waals surface area contributed by atoms with Gasteiger partial charge in [0.15, 0.2) is 11.5 Å². The van der Waals surface area contributed by atoms with Gasteiger partial charge in [0.25, 0.3) is 11.8 Å². The summed E-state index contributed by atoms with van der Waals surface area (Å²) >= 11 is 0. The first-order valence-electron chi connectivity index (χ1n) is 18.3. The summed E-state index contributed by atoms with van der Waals surface area (Å²) < 4.78 is 0. The Bertz CT molecular complexity index is 2750. The Labute approximate surface area is 337 Å². The number of carbonyl (C=O) groups excluding carboxylic acids is 2. The molecule has 0 radical (unpaired) electrons. The maximum Gasteiger partial charge on any atom is 0.259 e. The number of benzene rings is 8. The molecular formula is C46H35N9O4. The number of hydrogen-bond acceptors (Lipinski definition) is 11. The zero-order valence-electron chi connectivity index (χ0n) is 31.2. The van der Waals surface area contributed by atoms with Crippen LogP contribution in [0.5, 0.6) is 11.5 Å². The first-order chi connectivity index (χ1) is 28.7. The van der Waals surface area contributed by atoms with Crippen LogP contribution in [0.4, 0.5) is 56.9 Å². The summed E-state index contributed by atoms with van der Waals surface area (Å²) in [6.07, 6.45) is 0. The highest BCUT2D eigenvalue weighted by Crippen LogP contribution is 2.41. The van der Waals surface area contributed by atoms with Crippen LogP contribution in [-0.2, 0) is 0 Å². The largest absolute Gasteiger partial charge is 0.505 e. The second-order valence-corrected chi connectivity index (χ2v) is 13.5. The van der Waals surface area contributed by atoms with Crippen LogP contribution in [0.3, 0.4) is 0 Å². The molecule has 0 aliphatic rings. The summed E-state index contributed by atoms with van der Waals surface area (Å²) in [5.74, 6) is -1.63. The number of amides is 2. The van der Waals surface area contributed by atoms with E-state index in [0.29, 0.717) is 55.7 Å². The van der Waals surface area contributed by atoms with Gasteiger partial charge in [-0.05, 0) is 108 Å². The SMILES string of the molecule is Nc1cccc(NC(=O)c2cc3ccccc3c(N=Nc3ccc(Nc4ccc(N=Nc5c(O)c(C(=O)Nc6cccc(N)c6)cc6ccccc56)cc4)cc3)c2O)c1. The van der Waals surface area contributed by atoms with Crippen LogP contribution >= 0.6 is 0 Å². The Kier molecular flexibility index (Phi) is 10.3. The lowest BCUT2D eigenvalue weighted by Crippen LogP contribution is -2.12. The average Bonchev–Trinajstić information content (AvgIpc) is 3.23. The molecule has 9 N–H and O–H groups in total. The van der Waals surface area contributed by atoms with Gasteiger partial charge in [0, 0.05) is 44.9 Å².